The Labute approximate surface area is 204 Å². The molecule has 3 aromatic carbocycles. The van der Waals surface area contributed by atoms with Crippen LogP contribution in [0, 0.1) is 0 Å². The first-order valence-electron chi connectivity index (χ1n) is 10.9. The van der Waals surface area contributed by atoms with Crippen LogP contribution in [0.15, 0.2) is 89.8 Å². The quantitative estimate of drug-likeness (QED) is 0.318. The van der Waals surface area contributed by atoms with Gasteiger partial charge in [-0.15, -0.1) is 0 Å². The van der Waals surface area contributed by atoms with Crippen molar-refractivity contribution in [3.8, 4) is 0 Å². The molecule has 0 spiro atoms. The van der Waals surface area contributed by atoms with E-state index in [0.29, 0.717) is 0 Å². The van der Waals surface area contributed by atoms with Crippen LogP contribution in [0.4, 0.5) is 0 Å². The summed E-state index contributed by atoms with van der Waals surface area (Å²) in [4.78, 5) is 36.2. The predicted molar refractivity (Wildman–Crippen MR) is 130 cm³/mol. The Balaban J connectivity index is 1.44. The summed E-state index contributed by atoms with van der Waals surface area (Å²) < 4.78 is 27.7. The van der Waals surface area contributed by atoms with E-state index in [-0.39, 0.29) is 42.3 Å². The molecule has 0 bridgehead atoms. The minimum absolute atomic E-state index is 0.0430. The zero-order valence-electron chi connectivity index (χ0n) is 18.9. The zero-order chi connectivity index (χ0) is 25.1. The van der Waals surface area contributed by atoms with Gasteiger partial charge in [-0.1, -0.05) is 66.7 Å². The molecule has 4 N–H and O–H groups in total. The number of hydrazine groups is 1. The summed E-state index contributed by atoms with van der Waals surface area (Å²) in [5.41, 5.74) is 6.22. The smallest absolute Gasteiger partial charge is 0.269 e. The summed E-state index contributed by atoms with van der Waals surface area (Å²) in [6, 6.07) is 23.7. The van der Waals surface area contributed by atoms with Crippen LogP contribution in [0.3, 0.4) is 0 Å². The number of amides is 3. The number of carbonyl (C=O) groups excluding carboxylic acids is 3. The fourth-order valence-corrected chi connectivity index (χ4v) is 4.15. The van der Waals surface area contributed by atoms with E-state index in [4.69, 9.17) is 0 Å². The SMILES string of the molecule is O=C(Cc1ccccc1)NCCC(=O)NNC(=O)c1cccc(S(=O)(=O)NCc2ccccc2)c1. The lowest BCUT2D eigenvalue weighted by Crippen LogP contribution is -2.43. The van der Waals surface area contributed by atoms with Crippen LogP contribution >= 0.6 is 0 Å². The molecule has 0 heterocycles. The van der Waals surface area contributed by atoms with Gasteiger partial charge in [0, 0.05) is 25.1 Å². The van der Waals surface area contributed by atoms with Crippen molar-refractivity contribution in [2.75, 3.05) is 6.54 Å². The van der Waals surface area contributed by atoms with Crippen molar-refractivity contribution in [3.05, 3.63) is 102 Å². The summed E-state index contributed by atoms with van der Waals surface area (Å²) >= 11 is 0. The molecule has 10 heteroatoms. The van der Waals surface area contributed by atoms with Crippen LogP contribution in [-0.4, -0.2) is 32.7 Å². The minimum atomic E-state index is -3.85. The second-order valence-electron chi connectivity index (χ2n) is 7.60. The third-order valence-electron chi connectivity index (χ3n) is 4.91. The number of rotatable bonds is 10. The number of carbonyl (C=O) groups is 3. The molecule has 0 aliphatic rings. The van der Waals surface area contributed by atoms with Gasteiger partial charge in [0.25, 0.3) is 5.91 Å². The van der Waals surface area contributed by atoms with Gasteiger partial charge in [0.15, 0.2) is 0 Å². The first kappa shape index (κ1) is 25.6. The average Bonchev–Trinajstić information content (AvgIpc) is 2.87. The Bertz CT molecular complexity index is 1270. The third-order valence-corrected chi connectivity index (χ3v) is 6.31. The molecule has 3 aromatic rings. The minimum Gasteiger partial charge on any atom is -0.355 e. The second-order valence-corrected chi connectivity index (χ2v) is 9.37. The fraction of sp³-hybridized carbons (Fsp3) is 0.160. The molecule has 0 saturated heterocycles. The average molecular weight is 495 g/mol. The molecule has 0 saturated carbocycles. The van der Waals surface area contributed by atoms with Crippen molar-refractivity contribution in [1.82, 2.24) is 20.9 Å². The van der Waals surface area contributed by atoms with Crippen LogP contribution in [0.1, 0.15) is 27.9 Å². The molecule has 3 rings (SSSR count). The highest BCUT2D eigenvalue weighted by Gasteiger charge is 2.16. The van der Waals surface area contributed by atoms with Gasteiger partial charge in [-0.25, -0.2) is 13.1 Å². The molecule has 0 aliphatic heterocycles. The van der Waals surface area contributed by atoms with Gasteiger partial charge in [0.1, 0.15) is 0 Å². The van der Waals surface area contributed by atoms with Crippen molar-refractivity contribution < 1.29 is 22.8 Å². The standard InChI is InChI=1S/C25H26N4O5S/c30-23(14-15-26-24(31)16-19-8-3-1-4-9-19)28-29-25(32)21-12-7-13-22(17-21)35(33,34)27-18-20-10-5-2-6-11-20/h1-13,17,27H,14-16,18H2,(H,26,31)(H,28,30)(H,29,32). The number of nitrogens with one attached hydrogen (secondary N) is 4. The van der Waals surface area contributed by atoms with E-state index in [1.54, 1.807) is 12.1 Å². The number of hydrogen-bond acceptors (Lipinski definition) is 5. The van der Waals surface area contributed by atoms with Crippen molar-refractivity contribution in [1.29, 1.82) is 0 Å². The second kappa shape index (κ2) is 12.4. The summed E-state index contributed by atoms with van der Waals surface area (Å²) in [6.07, 6.45) is 0.164. The molecule has 3 amide bonds. The summed E-state index contributed by atoms with van der Waals surface area (Å²) in [5, 5.41) is 2.64. The molecular weight excluding hydrogens is 468 g/mol. The maximum atomic E-state index is 12.6. The first-order valence-corrected chi connectivity index (χ1v) is 12.4. The highest BCUT2D eigenvalue weighted by Crippen LogP contribution is 2.12. The Morgan fingerprint density at radius 3 is 2.06 bits per heavy atom. The van der Waals surface area contributed by atoms with Crippen molar-refractivity contribution in [2.45, 2.75) is 24.3 Å². The lowest BCUT2D eigenvalue weighted by atomic mass is 10.1. The normalized spacial score (nSPS) is 10.9. The number of benzene rings is 3. The maximum Gasteiger partial charge on any atom is 0.269 e. The predicted octanol–water partition coefficient (Wildman–Crippen LogP) is 1.68. The van der Waals surface area contributed by atoms with Crippen LogP contribution < -0.4 is 20.9 Å². The van der Waals surface area contributed by atoms with Gasteiger partial charge in [-0.3, -0.25) is 25.2 Å². The van der Waals surface area contributed by atoms with Gasteiger partial charge >= 0.3 is 0 Å². The van der Waals surface area contributed by atoms with E-state index < -0.39 is 21.8 Å². The van der Waals surface area contributed by atoms with Crippen molar-refractivity contribution in [3.63, 3.8) is 0 Å². The maximum absolute atomic E-state index is 12.6. The van der Waals surface area contributed by atoms with Gasteiger partial charge in [0.2, 0.25) is 21.8 Å². The van der Waals surface area contributed by atoms with Crippen molar-refractivity contribution in [2.24, 2.45) is 0 Å². The molecule has 0 aliphatic carbocycles. The Morgan fingerprint density at radius 1 is 0.714 bits per heavy atom. The van der Waals surface area contributed by atoms with Gasteiger partial charge in [-0.05, 0) is 29.3 Å². The van der Waals surface area contributed by atoms with Crippen LogP contribution in [-0.2, 0) is 32.6 Å². The fourth-order valence-electron chi connectivity index (χ4n) is 3.08. The van der Waals surface area contributed by atoms with E-state index in [0.717, 1.165) is 11.1 Å². The monoisotopic (exact) mass is 494 g/mol. The topological polar surface area (TPSA) is 133 Å². The highest BCUT2D eigenvalue weighted by atomic mass is 32.2. The number of sulfonamides is 1. The molecule has 182 valence electrons. The first-order chi connectivity index (χ1) is 16.8. The zero-order valence-corrected chi connectivity index (χ0v) is 19.7. The molecule has 0 unspecified atom stereocenters. The molecular formula is C25H26N4O5S. The Morgan fingerprint density at radius 2 is 1.37 bits per heavy atom. The lowest BCUT2D eigenvalue weighted by molar-refractivity contribution is -0.122. The van der Waals surface area contributed by atoms with E-state index >= 15 is 0 Å². The molecule has 0 aromatic heterocycles. The third kappa shape index (κ3) is 8.36. The van der Waals surface area contributed by atoms with Crippen molar-refractivity contribution >= 4 is 27.7 Å². The van der Waals surface area contributed by atoms with E-state index in [1.807, 2.05) is 48.5 Å². The summed E-state index contributed by atoms with van der Waals surface area (Å²) in [5.74, 6) is -1.40. The van der Waals surface area contributed by atoms with Gasteiger partial charge in [0.05, 0.1) is 11.3 Å². The van der Waals surface area contributed by atoms with Crippen LogP contribution in [0.5, 0.6) is 0 Å². The molecule has 0 radical (unpaired) electrons. The summed E-state index contributed by atoms with van der Waals surface area (Å²) in [7, 11) is -3.85. The summed E-state index contributed by atoms with van der Waals surface area (Å²) in [6.45, 7) is 0.214. The highest BCUT2D eigenvalue weighted by molar-refractivity contribution is 7.89. The molecule has 0 fully saturated rings. The van der Waals surface area contributed by atoms with Gasteiger partial charge < -0.3 is 5.32 Å². The molecule has 9 nitrogen and oxygen atoms in total. The Hall–Kier alpha value is -4.02. The Kier molecular flexibility index (Phi) is 9.10. The number of hydrogen-bond donors (Lipinski definition) is 4. The molecule has 0 atom stereocenters. The largest absolute Gasteiger partial charge is 0.355 e. The van der Waals surface area contributed by atoms with E-state index in [1.165, 1.54) is 24.3 Å². The van der Waals surface area contributed by atoms with Crippen LogP contribution in [0.25, 0.3) is 0 Å². The van der Waals surface area contributed by atoms with Crippen LogP contribution in [0.2, 0.25) is 0 Å². The van der Waals surface area contributed by atoms with E-state index in [9.17, 15) is 22.8 Å². The van der Waals surface area contributed by atoms with E-state index in [2.05, 4.69) is 20.9 Å². The molecule has 35 heavy (non-hydrogen) atoms. The lowest BCUT2D eigenvalue weighted by Gasteiger charge is -2.10. The van der Waals surface area contributed by atoms with Gasteiger partial charge in [-0.2, -0.15) is 0 Å².